The summed E-state index contributed by atoms with van der Waals surface area (Å²) >= 11 is 0. The fourth-order valence-corrected chi connectivity index (χ4v) is 3.24. The van der Waals surface area contributed by atoms with Gasteiger partial charge in [-0.25, -0.2) is 0 Å². The number of anilines is 2. The van der Waals surface area contributed by atoms with E-state index in [4.69, 9.17) is 20.9 Å². The second kappa shape index (κ2) is 8.41. The number of pyridine rings is 2. The van der Waals surface area contributed by atoms with Crippen LogP contribution < -0.4 is 20.9 Å². The molecule has 29 heavy (non-hydrogen) atoms. The first kappa shape index (κ1) is 20.5. The Morgan fingerprint density at radius 2 is 1.10 bits per heavy atom. The molecule has 2 heterocycles. The van der Waals surface area contributed by atoms with Gasteiger partial charge in [-0.3, -0.25) is 9.97 Å². The van der Waals surface area contributed by atoms with E-state index in [9.17, 15) is 0 Å². The molecule has 4 aromatic rings. The van der Waals surface area contributed by atoms with Crippen molar-refractivity contribution >= 4 is 45.6 Å². The maximum Gasteiger partial charge on any atom is 0.122 e. The standard InChI is InChI=1S/C22H22N4O2.ClH/c1-13-9-19(23)17-11-15(3-5-21(17)25-13)27-7-8-28-16-4-6-22-18(12-16)20(24)10-14(2)26-22;/h3-6,9-12H,7-8H2,1-2H3,(H2,23,25)(H2,24,26);1H. The van der Waals surface area contributed by atoms with E-state index in [0.717, 1.165) is 44.7 Å². The van der Waals surface area contributed by atoms with Crippen LogP contribution in [0.2, 0.25) is 0 Å². The first-order valence-corrected chi connectivity index (χ1v) is 9.09. The summed E-state index contributed by atoms with van der Waals surface area (Å²) in [6.45, 7) is 4.67. The summed E-state index contributed by atoms with van der Waals surface area (Å²) < 4.78 is 11.6. The number of halogens is 1. The van der Waals surface area contributed by atoms with Crippen LogP contribution in [0.15, 0.2) is 48.5 Å². The van der Waals surface area contributed by atoms with Crippen LogP contribution in [-0.4, -0.2) is 23.2 Å². The van der Waals surface area contributed by atoms with Gasteiger partial charge in [0.05, 0.1) is 11.0 Å². The number of benzene rings is 2. The number of nitrogen functional groups attached to an aromatic ring is 2. The summed E-state index contributed by atoms with van der Waals surface area (Å²) in [6, 6.07) is 15.1. The monoisotopic (exact) mass is 410 g/mol. The third-order valence-corrected chi connectivity index (χ3v) is 4.50. The van der Waals surface area contributed by atoms with Gasteiger partial charge in [-0.15, -0.1) is 12.4 Å². The topological polar surface area (TPSA) is 96.3 Å². The SMILES string of the molecule is Cc1cc(N)c2cc(OCCOc3ccc4nc(C)cc(N)c4c3)ccc2n1.Cl. The summed E-state index contributed by atoms with van der Waals surface area (Å²) in [7, 11) is 0. The Morgan fingerprint density at radius 3 is 1.52 bits per heavy atom. The van der Waals surface area contributed by atoms with E-state index >= 15 is 0 Å². The van der Waals surface area contributed by atoms with Gasteiger partial charge in [-0.1, -0.05) is 0 Å². The van der Waals surface area contributed by atoms with Crippen LogP contribution in [0.1, 0.15) is 11.4 Å². The molecule has 0 atom stereocenters. The van der Waals surface area contributed by atoms with Crippen LogP contribution in [0.5, 0.6) is 11.5 Å². The molecule has 2 aromatic heterocycles. The number of rotatable bonds is 5. The van der Waals surface area contributed by atoms with Crippen molar-refractivity contribution in [3.8, 4) is 11.5 Å². The van der Waals surface area contributed by atoms with Crippen LogP contribution in [0.4, 0.5) is 11.4 Å². The number of aromatic nitrogens is 2. The van der Waals surface area contributed by atoms with E-state index in [1.807, 2.05) is 62.4 Å². The molecule has 0 saturated carbocycles. The minimum Gasteiger partial charge on any atom is -0.490 e. The summed E-state index contributed by atoms with van der Waals surface area (Å²) in [5.41, 5.74) is 17.1. The van der Waals surface area contributed by atoms with E-state index in [0.29, 0.717) is 24.6 Å². The van der Waals surface area contributed by atoms with Crippen molar-refractivity contribution in [3.63, 3.8) is 0 Å². The number of nitrogens with two attached hydrogens (primary N) is 2. The second-order valence-electron chi connectivity index (χ2n) is 6.76. The quantitative estimate of drug-likeness (QED) is 0.472. The molecule has 2 aromatic carbocycles. The fraction of sp³-hybridized carbons (Fsp3) is 0.182. The molecule has 0 bridgehead atoms. The minimum atomic E-state index is 0. The molecule has 6 nitrogen and oxygen atoms in total. The van der Waals surface area contributed by atoms with E-state index < -0.39 is 0 Å². The maximum absolute atomic E-state index is 6.09. The number of hydrogen-bond acceptors (Lipinski definition) is 6. The molecule has 150 valence electrons. The largest absolute Gasteiger partial charge is 0.490 e. The van der Waals surface area contributed by atoms with E-state index in [1.54, 1.807) is 0 Å². The molecule has 0 spiro atoms. The molecular formula is C22H23ClN4O2. The predicted molar refractivity (Wildman–Crippen MR) is 120 cm³/mol. The van der Waals surface area contributed by atoms with Crippen molar-refractivity contribution in [2.45, 2.75) is 13.8 Å². The third kappa shape index (κ3) is 4.43. The smallest absolute Gasteiger partial charge is 0.122 e. The maximum atomic E-state index is 6.09. The molecule has 0 aliphatic carbocycles. The van der Waals surface area contributed by atoms with Gasteiger partial charge < -0.3 is 20.9 Å². The van der Waals surface area contributed by atoms with Crippen LogP contribution >= 0.6 is 12.4 Å². The lowest BCUT2D eigenvalue weighted by Gasteiger charge is -2.11. The Bertz CT molecular complexity index is 1090. The highest BCUT2D eigenvalue weighted by atomic mass is 35.5. The second-order valence-corrected chi connectivity index (χ2v) is 6.76. The lowest BCUT2D eigenvalue weighted by Crippen LogP contribution is -2.09. The lowest BCUT2D eigenvalue weighted by atomic mass is 10.1. The summed E-state index contributed by atoms with van der Waals surface area (Å²) in [4.78, 5) is 8.95. The number of ether oxygens (including phenoxy) is 2. The van der Waals surface area contributed by atoms with Gasteiger partial charge in [0.1, 0.15) is 24.7 Å². The highest BCUT2D eigenvalue weighted by molar-refractivity contribution is 5.92. The van der Waals surface area contributed by atoms with E-state index in [-0.39, 0.29) is 12.4 Å². The van der Waals surface area contributed by atoms with E-state index in [1.165, 1.54) is 0 Å². The fourth-order valence-electron chi connectivity index (χ4n) is 3.24. The van der Waals surface area contributed by atoms with Gasteiger partial charge in [0, 0.05) is 33.5 Å². The molecule has 0 aliphatic heterocycles. The van der Waals surface area contributed by atoms with Gasteiger partial charge >= 0.3 is 0 Å². The van der Waals surface area contributed by atoms with Gasteiger partial charge in [0.25, 0.3) is 0 Å². The van der Waals surface area contributed by atoms with Crippen LogP contribution in [0.3, 0.4) is 0 Å². The molecule has 4 N–H and O–H groups in total. The van der Waals surface area contributed by atoms with Crippen LogP contribution in [0, 0.1) is 13.8 Å². The van der Waals surface area contributed by atoms with Gasteiger partial charge in [0.2, 0.25) is 0 Å². The van der Waals surface area contributed by atoms with Gasteiger partial charge in [-0.2, -0.15) is 0 Å². The molecule has 0 aliphatic rings. The van der Waals surface area contributed by atoms with Crippen LogP contribution in [0.25, 0.3) is 21.8 Å². The molecule has 0 unspecified atom stereocenters. The first-order chi connectivity index (χ1) is 13.5. The Balaban J connectivity index is 0.00000240. The van der Waals surface area contributed by atoms with Crippen molar-refractivity contribution in [2.24, 2.45) is 0 Å². The molecule has 0 amide bonds. The Kier molecular flexibility index (Phi) is 5.94. The predicted octanol–water partition coefficient (Wildman–Crippen LogP) is 4.44. The van der Waals surface area contributed by atoms with Crippen molar-refractivity contribution < 1.29 is 9.47 Å². The van der Waals surface area contributed by atoms with Crippen molar-refractivity contribution in [1.29, 1.82) is 0 Å². The first-order valence-electron chi connectivity index (χ1n) is 9.09. The number of fused-ring (bicyclic) bond motifs is 2. The molecule has 7 heteroatoms. The van der Waals surface area contributed by atoms with Crippen molar-refractivity contribution in [3.05, 3.63) is 59.9 Å². The highest BCUT2D eigenvalue weighted by Crippen LogP contribution is 2.26. The lowest BCUT2D eigenvalue weighted by molar-refractivity contribution is 0.217. The Morgan fingerprint density at radius 1 is 0.690 bits per heavy atom. The molecule has 0 saturated heterocycles. The van der Waals surface area contributed by atoms with Crippen molar-refractivity contribution in [1.82, 2.24) is 9.97 Å². The van der Waals surface area contributed by atoms with Crippen molar-refractivity contribution in [2.75, 3.05) is 24.7 Å². The summed E-state index contributed by atoms with van der Waals surface area (Å²) in [5, 5.41) is 1.77. The Hall–Kier alpha value is -3.25. The molecule has 0 fully saturated rings. The van der Waals surface area contributed by atoms with Gasteiger partial charge in [-0.05, 0) is 62.4 Å². The number of nitrogens with zero attached hydrogens (tertiary/aromatic N) is 2. The van der Waals surface area contributed by atoms with Gasteiger partial charge in [0.15, 0.2) is 0 Å². The average molecular weight is 411 g/mol. The molecule has 0 radical (unpaired) electrons. The Labute approximate surface area is 175 Å². The van der Waals surface area contributed by atoms with Crippen LogP contribution in [-0.2, 0) is 0 Å². The zero-order valence-corrected chi connectivity index (χ0v) is 17.1. The number of hydrogen-bond donors (Lipinski definition) is 2. The normalized spacial score (nSPS) is 10.7. The molecular weight excluding hydrogens is 388 g/mol. The average Bonchev–Trinajstić information content (AvgIpc) is 2.65. The number of aryl methyl sites for hydroxylation is 2. The molecule has 4 rings (SSSR count). The zero-order valence-electron chi connectivity index (χ0n) is 16.3. The highest BCUT2D eigenvalue weighted by Gasteiger charge is 2.05. The minimum absolute atomic E-state index is 0. The zero-order chi connectivity index (χ0) is 19.7. The third-order valence-electron chi connectivity index (χ3n) is 4.50. The van der Waals surface area contributed by atoms with E-state index in [2.05, 4.69) is 9.97 Å². The summed E-state index contributed by atoms with van der Waals surface area (Å²) in [6.07, 6.45) is 0. The summed E-state index contributed by atoms with van der Waals surface area (Å²) in [5.74, 6) is 1.46.